The number of nitrogens with one attached hydrogen (secondary N) is 1. The van der Waals surface area contributed by atoms with Crippen molar-refractivity contribution in [1.82, 2.24) is 10.2 Å². The Labute approximate surface area is 316 Å². The lowest BCUT2D eigenvalue weighted by Gasteiger charge is -2.28. The van der Waals surface area contributed by atoms with Crippen LogP contribution in [0.25, 0.3) is 0 Å². The summed E-state index contributed by atoms with van der Waals surface area (Å²) < 4.78 is 7.24. The van der Waals surface area contributed by atoms with E-state index >= 15 is 0 Å². The Bertz CT molecular complexity index is 866. The molecule has 0 unspecified atom stereocenters. The average molecular weight is 712 g/mol. The van der Waals surface area contributed by atoms with Gasteiger partial charge in [0, 0.05) is 44.2 Å². The number of hydrogen-bond donors (Lipinski definition) is 1. The second-order valence-electron chi connectivity index (χ2n) is 11.5. The maximum atomic E-state index is 4.98. The zero-order valence-electron chi connectivity index (χ0n) is 37.3. The van der Waals surface area contributed by atoms with Crippen molar-refractivity contribution >= 4 is 28.7 Å². The summed E-state index contributed by atoms with van der Waals surface area (Å²) >= 11 is 4.65. The molecular weight excluding hydrogens is 621 g/mol. The summed E-state index contributed by atoms with van der Waals surface area (Å²) in [6, 6.07) is 6.77. The van der Waals surface area contributed by atoms with Crippen molar-refractivity contribution in [2.75, 3.05) is 60.3 Å². The number of hydrogen-bond acceptors (Lipinski definition) is 5. The lowest BCUT2D eigenvalue weighted by Crippen LogP contribution is -2.26. The lowest BCUT2D eigenvalue weighted by atomic mass is 9.92. The summed E-state index contributed by atoms with van der Waals surface area (Å²) in [6.45, 7) is 33.9. The minimum absolute atomic E-state index is 0.234. The van der Waals surface area contributed by atoms with Crippen molar-refractivity contribution in [3.8, 4) is 0 Å². The van der Waals surface area contributed by atoms with Gasteiger partial charge in [-0.2, -0.15) is 0 Å². The van der Waals surface area contributed by atoms with Gasteiger partial charge in [-0.15, -0.1) is 0 Å². The fourth-order valence-corrected chi connectivity index (χ4v) is 4.96. The number of ether oxygens (including phenoxy) is 1. The molecule has 1 saturated carbocycles. The molecule has 0 aromatic heterocycles. The Kier molecular flexibility index (Phi) is 56.0. The zero-order valence-corrected chi connectivity index (χ0v) is 38.1. The number of nitrogens with zero attached hydrogens (tertiary/aromatic N) is 3. The molecule has 0 saturated heterocycles. The fourth-order valence-electron chi connectivity index (χ4n) is 4.77. The molecule has 0 heterocycles. The zero-order chi connectivity index (χ0) is 39.8. The summed E-state index contributed by atoms with van der Waals surface area (Å²) in [5.74, 6) is 0. The van der Waals surface area contributed by atoms with Gasteiger partial charge in [-0.05, 0) is 117 Å². The predicted octanol–water partition coefficient (Wildman–Crippen LogP) is 12.2. The first-order chi connectivity index (χ1) is 23.4. The molecule has 1 N–H and O–H groups in total. The highest BCUT2D eigenvalue weighted by Gasteiger charge is 2.18. The monoisotopic (exact) mass is 712 g/mol. The molecule has 0 atom stereocenters. The molecule has 1 aliphatic rings. The van der Waals surface area contributed by atoms with E-state index in [-0.39, 0.29) is 6.10 Å². The molecule has 49 heavy (non-hydrogen) atoms. The number of rotatable bonds is 10. The van der Waals surface area contributed by atoms with Crippen LogP contribution in [-0.4, -0.2) is 81.7 Å². The molecule has 0 aliphatic heterocycles. The van der Waals surface area contributed by atoms with Crippen LogP contribution in [0.2, 0.25) is 0 Å². The number of thiocarbonyl (C=S) groups is 1. The molecule has 6 heteroatoms. The minimum Gasteiger partial charge on any atom is -0.485 e. The average Bonchev–Trinajstić information content (AvgIpc) is 3.09. The third-order valence-electron chi connectivity index (χ3n) is 6.21. The van der Waals surface area contributed by atoms with E-state index in [4.69, 9.17) is 4.74 Å². The Balaban J connectivity index is -0.000000131. The van der Waals surface area contributed by atoms with Crippen molar-refractivity contribution in [2.24, 2.45) is 0 Å². The smallest absolute Gasteiger partial charge is 0.178 e. The van der Waals surface area contributed by atoms with Gasteiger partial charge in [0.05, 0.1) is 6.10 Å². The van der Waals surface area contributed by atoms with E-state index in [1.807, 2.05) is 102 Å². The van der Waals surface area contributed by atoms with E-state index in [1.165, 1.54) is 62.6 Å². The minimum atomic E-state index is 0.234. The Hall–Kier alpha value is -1.76. The summed E-state index contributed by atoms with van der Waals surface area (Å²) in [4.78, 5) is 4.56. The normalized spacial score (nSPS) is 11.7. The predicted molar refractivity (Wildman–Crippen MR) is 235 cm³/mol. The molecule has 1 aromatic carbocycles. The van der Waals surface area contributed by atoms with Crippen LogP contribution in [-0.2, 0) is 17.7 Å². The molecule has 294 valence electrons. The van der Waals surface area contributed by atoms with Crippen LogP contribution >= 0.6 is 12.2 Å². The van der Waals surface area contributed by atoms with Gasteiger partial charge in [0.15, 0.2) is 10.8 Å². The van der Waals surface area contributed by atoms with Crippen LogP contribution in [0.5, 0.6) is 0 Å². The van der Waals surface area contributed by atoms with Gasteiger partial charge in [0.1, 0.15) is 14.1 Å². The highest BCUT2D eigenvalue weighted by Crippen LogP contribution is 2.26. The van der Waals surface area contributed by atoms with Crippen molar-refractivity contribution in [1.29, 1.82) is 0 Å². The van der Waals surface area contributed by atoms with Crippen LogP contribution in [0, 0.1) is 0 Å². The third-order valence-corrected chi connectivity index (χ3v) is 6.31. The van der Waals surface area contributed by atoms with Gasteiger partial charge in [-0.3, -0.25) is 0 Å². The Morgan fingerprint density at radius 2 is 1.35 bits per heavy atom. The van der Waals surface area contributed by atoms with Gasteiger partial charge in [-0.1, -0.05) is 101 Å². The molecule has 0 spiro atoms. The van der Waals surface area contributed by atoms with Gasteiger partial charge in [0.2, 0.25) is 0 Å². The summed E-state index contributed by atoms with van der Waals surface area (Å²) in [5.41, 5.74) is 7.55. The standard InChI is InChI=1S/C17H30N2.C10H18N.C5H10OS.C3H9N.4C2H6/c1-5-9-16-15(14-18-4)10-8-11-17(16)19(12-6-2)13-7-3;1-4-9-7-5-6-8-10(9)11(2)3;1-4(2)6-5(3)7;1-4(2)3;4*1-2/h8,10-11,18H,5-7,9,12-14H2,1-4H3;4H,5-8H2,1-3H3;4H,1-3H3;1-3H3;4*1-2H3/q;+1;;;;;;/b;9-4-;;;;;;. The maximum absolute atomic E-state index is 4.98. The molecule has 1 aliphatic carbocycles. The molecule has 0 amide bonds. The SMILES string of the molecule is C/C=C1/CCCCC1=[N+](C)C.CC.CC.CC.CC.CC(=S)OC(C)C.CCCc1c(CNC)cccc1N(CCC)CCC.CN(C)C. The number of allylic oxidation sites excluding steroid dienone is 2. The van der Waals surface area contributed by atoms with Crippen LogP contribution in [0.4, 0.5) is 5.69 Å². The van der Waals surface area contributed by atoms with Crippen LogP contribution in [0.15, 0.2) is 29.8 Å². The molecule has 0 bridgehead atoms. The Morgan fingerprint density at radius 1 is 0.878 bits per heavy atom. The largest absolute Gasteiger partial charge is 0.485 e. The number of anilines is 1. The number of benzene rings is 1. The van der Waals surface area contributed by atoms with Crippen LogP contribution < -0.4 is 10.2 Å². The van der Waals surface area contributed by atoms with Crippen molar-refractivity contribution in [3.05, 3.63) is 41.0 Å². The molecule has 0 radical (unpaired) electrons. The second-order valence-corrected chi connectivity index (χ2v) is 12.1. The molecule has 5 nitrogen and oxygen atoms in total. The van der Waals surface area contributed by atoms with E-state index < -0.39 is 0 Å². The van der Waals surface area contributed by atoms with Gasteiger partial charge in [0.25, 0.3) is 0 Å². The van der Waals surface area contributed by atoms with E-state index in [2.05, 4.69) is 93.1 Å². The summed E-state index contributed by atoms with van der Waals surface area (Å²) in [7, 11) is 12.3. The summed E-state index contributed by atoms with van der Waals surface area (Å²) in [5, 5.41) is 3.91. The quantitative estimate of drug-likeness (QED) is 0.193. The highest BCUT2D eigenvalue weighted by atomic mass is 32.1. The third kappa shape index (κ3) is 37.3. The fraction of sp³-hybridized carbons (Fsp3) is 0.767. The van der Waals surface area contributed by atoms with E-state index in [1.54, 1.807) is 23.8 Å². The van der Waals surface area contributed by atoms with Crippen molar-refractivity contribution in [2.45, 2.75) is 168 Å². The first-order valence-electron chi connectivity index (χ1n) is 19.9. The lowest BCUT2D eigenvalue weighted by molar-refractivity contribution is -0.465. The maximum Gasteiger partial charge on any atom is 0.178 e. The van der Waals surface area contributed by atoms with E-state index in [0.717, 1.165) is 19.6 Å². The van der Waals surface area contributed by atoms with Crippen LogP contribution in [0.3, 0.4) is 0 Å². The first kappa shape index (κ1) is 59.4. The van der Waals surface area contributed by atoms with E-state index in [9.17, 15) is 0 Å². The van der Waals surface area contributed by atoms with Gasteiger partial charge >= 0.3 is 0 Å². The molecule has 2 rings (SSSR count). The first-order valence-corrected chi connectivity index (χ1v) is 20.3. The molecule has 1 aromatic rings. The highest BCUT2D eigenvalue weighted by molar-refractivity contribution is 7.80. The topological polar surface area (TPSA) is 30.8 Å². The Morgan fingerprint density at radius 3 is 1.65 bits per heavy atom. The summed E-state index contributed by atoms with van der Waals surface area (Å²) in [6.07, 6.45) is 12.6. The van der Waals surface area contributed by atoms with Crippen molar-refractivity contribution in [3.63, 3.8) is 0 Å². The molecule has 1 fully saturated rings. The van der Waals surface area contributed by atoms with Crippen LogP contribution in [0.1, 0.15) is 160 Å². The molecular formula is C43H91N4OS+. The van der Waals surface area contributed by atoms with Gasteiger partial charge in [-0.25, -0.2) is 4.58 Å². The van der Waals surface area contributed by atoms with E-state index in [0.29, 0.717) is 5.05 Å². The van der Waals surface area contributed by atoms with Gasteiger partial charge < -0.3 is 19.9 Å². The second kappa shape index (κ2) is 46.2. The van der Waals surface area contributed by atoms with Crippen molar-refractivity contribution < 1.29 is 9.31 Å².